The third kappa shape index (κ3) is 4.28. The van der Waals surface area contributed by atoms with Crippen LogP contribution in [-0.4, -0.2) is 12.2 Å². The van der Waals surface area contributed by atoms with Gasteiger partial charge >= 0.3 is 0 Å². The zero-order chi connectivity index (χ0) is 32.6. The highest BCUT2D eigenvalue weighted by Gasteiger charge is 2.39. The van der Waals surface area contributed by atoms with Gasteiger partial charge in [-0.2, -0.15) is 0 Å². The lowest BCUT2D eigenvalue weighted by Gasteiger charge is -2.41. The fraction of sp³-hybridized carbons (Fsp3) is 0.174. The van der Waals surface area contributed by atoms with Crippen LogP contribution in [0.3, 0.4) is 0 Å². The van der Waals surface area contributed by atoms with Gasteiger partial charge in [-0.1, -0.05) is 129 Å². The average Bonchev–Trinajstić information content (AvgIpc) is 3.72. The molecule has 3 nitrogen and oxygen atoms in total. The number of hydrogen-bond donors (Lipinski definition) is 1. The highest BCUT2D eigenvalue weighted by molar-refractivity contribution is 6.19. The number of allylic oxidation sites excluding steroid dienone is 7. The van der Waals surface area contributed by atoms with Crippen molar-refractivity contribution in [2.75, 3.05) is 10.2 Å². The summed E-state index contributed by atoms with van der Waals surface area (Å²) in [5.41, 5.74) is 12.4. The summed E-state index contributed by atoms with van der Waals surface area (Å²) in [6.07, 6.45) is 18.0. The van der Waals surface area contributed by atoms with E-state index in [1.807, 2.05) is 0 Å². The molecule has 5 atom stereocenters. The molecular weight excluding hydrogens is 597 g/mol. The van der Waals surface area contributed by atoms with Gasteiger partial charge in [-0.15, -0.1) is 0 Å². The van der Waals surface area contributed by atoms with Crippen LogP contribution in [0.2, 0.25) is 0 Å². The molecule has 10 rings (SSSR count). The maximum absolute atomic E-state index is 6.55. The molecule has 5 aromatic carbocycles. The van der Waals surface area contributed by atoms with E-state index in [9.17, 15) is 0 Å². The van der Waals surface area contributed by atoms with E-state index in [2.05, 4.69) is 170 Å². The van der Waals surface area contributed by atoms with Crippen molar-refractivity contribution in [2.24, 2.45) is 11.8 Å². The molecule has 3 aliphatic carbocycles. The Labute approximate surface area is 287 Å². The highest BCUT2D eigenvalue weighted by atomic mass is 16.3. The molecule has 1 aromatic heterocycles. The van der Waals surface area contributed by atoms with Crippen LogP contribution >= 0.6 is 0 Å². The van der Waals surface area contributed by atoms with Gasteiger partial charge in [0.2, 0.25) is 0 Å². The standard InChI is InChI=1S/C46H38N2O/c1-3-43-47-38-18-10-11-19-40(38)48(43)39-24-21-30(26-28(39)2)44-33-14-6-8-16-35(33)45(36-17-9-7-15-34(36)44)31-20-23-37-42(27-31)49-41-25-22-29-12-4-5-13-32(29)46(37)41/h4-28,33,39,43-44,47H,3H2,1-2H3. The van der Waals surface area contributed by atoms with Crippen LogP contribution in [0.4, 0.5) is 11.4 Å². The van der Waals surface area contributed by atoms with Crippen LogP contribution in [0.5, 0.6) is 0 Å². The Morgan fingerprint density at radius 1 is 0.776 bits per heavy atom. The van der Waals surface area contributed by atoms with Crippen molar-refractivity contribution in [2.45, 2.75) is 38.4 Å². The first-order valence-corrected chi connectivity index (χ1v) is 17.7. The molecule has 49 heavy (non-hydrogen) atoms. The summed E-state index contributed by atoms with van der Waals surface area (Å²) >= 11 is 0. The summed E-state index contributed by atoms with van der Waals surface area (Å²) in [6, 6.07) is 37.8. The van der Waals surface area contributed by atoms with Crippen molar-refractivity contribution >= 4 is 49.7 Å². The van der Waals surface area contributed by atoms with E-state index in [-0.39, 0.29) is 11.8 Å². The van der Waals surface area contributed by atoms with Crippen LogP contribution in [-0.2, 0) is 0 Å². The van der Waals surface area contributed by atoms with E-state index in [1.165, 1.54) is 66.3 Å². The second-order valence-corrected chi connectivity index (χ2v) is 14.0. The van der Waals surface area contributed by atoms with Crippen molar-refractivity contribution in [1.29, 1.82) is 0 Å². The molecular formula is C46H38N2O. The van der Waals surface area contributed by atoms with E-state index < -0.39 is 0 Å². The predicted octanol–water partition coefficient (Wildman–Crippen LogP) is 11.5. The Kier molecular flexibility index (Phi) is 6.39. The number of benzene rings is 5. The first-order valence-electron chi connectivity index (χ1n) is 17.7. The number of hydrogen-bond acceptors (Lipinski definition) is 3. The summed E-state index contributed by atoms with van der Waals surface area (Å²) in [7, 11) is 0. The monoisotopic (exact) mass is 634 g/mol. The smallest absolute Gasteiger partial charge is 0.136 e. The zero-order valence-corrected chi connectivity index (χ0v) is 27.8. The lowest BCUT2D eigenvalue weighted by Crippen LogP contribution is -2.45. The van der Waals surface area contributed by atoms with Crippen molar-refractivity contribution in [3.05, 3.63) is 173 Å². The van der Waals surface area contributed by atoms with Crippen LogP contribution in [0.1, 0.15) is 42.9 Å². The quantitative estimate of drug-likeness (QED) is 0.209. The predicted molar refractivity (Wildman–Crippen MR) is 205 cm³/mol. The SMILES string of the molecule is CCC1Nc2ccccc2N1C1C=CC(C2c3ccccc3C(c3ccc4c(c3)oc3ccc5ccccc5c34)=C3C=CC=CC32)=CC1C. The van der Waals surface area contributed by atoms with Gasteiger partial charge in [0, 0.05) is 22.6 Å². The van der Waals surface area contributed by atoms with Gasteiger partial charge in [-0.05, 0) is 86.9 Å². The Balaban J connectivity index is 1.07. The molecule has 0 bridgehead atoms. The minimum absolute atomic E-state index is 0.238. The van der Waals surface area contributed by atoms with Gasteiger partial charge in [0.05, 0.1) is 23.6 Å². The topological polar surface area (TPSA) is 28.4 Å². The minimum Gasteiger partial charge on any atom is -0.456 e. The molecule has 0 amide bonds. The van der Waals surface area contributed by atoms with Crippen LogP contribution < -0.4 is 10.2 Å². The fourth-order valence-electron chi connectivity index (χ4n) is 9.16. The molecule has 4 aliphatic rings. The third-order valence-corrected chi connectivity index (χ3v) is 11.3. The summed E-state index contributed by atoms with van der Waals surface area (Å²) in [5.74, 6) is 0.836. The molecule has 0 fully saturated rings. The maximum Gasteiger partial charge on any atom is 0.136 e. The summed E-state index contributed by atoms with van der Waals surface area (Å²) in [4.78, 5) is 2.60. The van der Waals surface area contributed by atoms with Gasteiger partial charge < -0.3 is 14.6 Å². The number of furan rings is 1. The molecule has 5 unspecified atom stereocenters. The number of nitrogens with zero attached hydrogens (tertiary/aromatic N) is 1. The third-order valence-electron chi connectivity index (χ3n) is 11.3. The molecule has 3 heteroatoms. The number of rotatable bonds is 4. The second kappa shape index (κ2) is 11.0. The highest BCUT2D eigenvalue weighted by Crippen LogP contribution is 2.52. The van der Waals surface area contributed by atoms with Gasteiger partial charge in [0.1, 0.15) is 11.2 Å². The molecule has 238 valence electrons. The van der Waals surface area contributed by atoms with E-state index >= 15 is 0 Å². The molecule has 0 saturated carbocycles. The zero-order valence-electron chi connectivity index (χ0n) is 27.8. The molecule has 0 saturated heterocycles. The average molecular weight is 635 g/mol. The minimum atomic E-state index is 0.238. The van der Waals surface area contributed by atoms with E-state index in [0.29, 0.717) is 18.1 Å². The normalized spacial score (nSPS) is 23.9. The maximum atomic E-state index is 6.55. The van der Waals surface area contributed by atoms with Crippen LogP contribution in [0.15, 0.2) is 161 Å². The Morgan fingerprint density at radius 2 is 1.63 bits per heavy atom. The fourth-order valence-corrected chi connectivity index (χ4v) is 9.16. The van der Waals surface area contributed by atoms with Crippen molar-refractivity contribution in [1.82, 2.24) is 0 Å². The second-order valence-electron chi connectivity index (χ2n) is 14.0. The molecule has 6 aromatic rings. The van der Waals surface area contributed by atoms with E-state index in [1.54, 1.807) is 0 Å². The van der Waals surface area contributed by atoms with Gasteiger partial charge in [0.25, 0.3) is 0 Å². The van der Waals surface area contributed by atoms with Crippen LogP contribution in [0.25, 0.3) is 38.3 Å². The number of para-hydroxylation sites is 2. The summed E-state index contributed by atoms with van der Waals surface area (Å²) in [5, 5.41) is 8.60. The molecule has 1 N–H and O–H groups in total. The molecule has 1 aliphatic heterocycles. The lowest BCUT2D eigenvalue weighted by molar-refractivity contribution is 0.509. The Bertz CT molecular complexity index is 2470. The van der Waals surface area contributed by atoms with Crippen molar-refractivity contribution in [3.8, 4) is 0 Å². The van der Waals surface area contributed by atoms with E-state index in [0.717, 1.165) is 17.6 Å². The molecule has 2 heterocycles. The summed E-state index contributed by atoms with van der Waals surface area (Å²) in [6.45, 7) is 4.66. The Morgan fingerprint density at radius 3 is 2.55 bits per heavy atom. The van der Waals surface area contributed by atoms with Crippen molar-refractivity contribution < 1.29 is 4.42 Å². The largest absolute Gasteiger partial charge is 0.456 e. The molecule has 0 spiro atoms. The number of anilines is 2. The van der Waals surface area contributed by atoms with Crippen molar-refractivity contribution in [3.63, 3.8) is 0 Å². The van der Waals surface area contributed by atoms with E-state index in [4.69, 9.17) is 4.42 Å². The molecule has 0 radical (unpaired) electrons. The number of nitrogens with one attached hydrogen (secondary N) is 1. The van der Waals surface area contributed by atoms with Gasteiger partial charge in [-0.3, -0.25) is 0 Å². The Hall–Kier alpha value is -5.54. The lowest BCUT2D eigenvalue weighted by atomic mass is 9.65. The number of fused-ring (bicyclic) bond motifs is 8. The summed E-state index contributed by atoms with van der Waals surface area (Å²) < 4.78 is 6.55. The first-order chi connectivity index (χ1) is 24.2. The van der Waals surface area contributed by atoms with Gasteiger partial charge in [0.15, 0.2) is 0 Å². The van der Waals surface area contributed by atoms with Crippen LogP contribution in [0, 0.1) is 11.8 Å². The van der Waals surface area contributed by atoms with Gasteiger partial charge in [-0.25, -0.2) is 0 Å². The first kappa shape index (κ1) is 28.5.